The number of hydrogen-bond acceptors (Lipinski definition) is 7. The first-order valence-corrected chi connectivity index (χ1v) is 11.6. The van der Waals surface area contributed by atoms with Crippen LogP contribution in [-0.2, 0) is 10.0 Å². The second kappa shape index (κ2) is 8.80. The number of aromatic nitrogens is 3. The highest BCUT2D eigenvalue weighted by atomic mass is 35.5. The van der Waals surface area contributed by atoms with Crippen molar-refractivity contribution in [3.05, 3.63) is 65.3 Å². The van der Waals surface area contributed by atoms with E-state index in [4.69, 9.17) is 16.3 Å². The summed E-state index contributed by atoms with van der Waals surface area (Å²) in [5.41, 5.74) is 2.49. The molecule has 4 aromatic rings. The Morgan fingerprint density at radius 2 is 1.88 bits per heavy atom. The Morgan fingerprint density at radius 3 is 2.61 bits per heavy atom. The van der Waals surface area contributed by atoms with Crippen molar-refractivity contribution in [3.8, 4) is 17.0 Å². The van der Waals surface area contributed by atoms with Gasteiger partial charge < -0.3 is 10.1 Å². The molecule has 0 saturated carbocycles. The minimum atomic E-state index is -4.25. The van der Waals surface area contributed by atoms with Crippen LogP contribution in [0.1, 0.15) is 5.69 Å². The van der Waals surface area contributed by atoms with Crippen molar-refractivity contribution in [1.29, 1.82) is 0 Å². The standard InChI is InChI=1S/C22H19ClFN5O3S/c1-12-16(6-14-10-26-21(25-2)9-18(14)28-12)13-4-5-17(24)19(7-13)29-33(30,31)20-8-15(23)11-27-22(20)32-3/h4-11,29H,1-3H3,(H,25,26). The molecule has 0 amide bonds. The van der Waals surface area contributed by atoms with Crippen LogP contribution in [-0.4, -0.2) is 37.5 Å². The Bertz CT molecular complexity index is 1480. The summed E-state index contributed by atoms with van der Waals surface area (Å²) in [6.45, 7) is 1.82. The molecule has 0 spiro atoms. The number of ether oxygens (including phenoxy) is 1. The molecule has 0 aliphatic carbocycles. The molecule has 3 aromatic heterocycles. The van der Waals surface area contributed by atoms with Gasteiger partial charge in [0.15, 0.2) is 4.90 Å². The molecule has 4 rings (SSSR count). The van der Waals surface area contributed by atoms with Crippen LogP contribution in [0.4, 0.5) is 15.9 Å². The number of methoxy groups -OCH3 is 1. The van der Waals surface area contributed by atoms with Gasteiger partial charge in [-0.3, -0.25) is 9.71 Å². The third kappa shape index (κ3) is 4.53. The Balaban J connectivity index is 1.76. The number of rotatable bonds is 6. The molecule has 3 heterocycles. The van der Waals surface area contributed by atoms with Gasteiger partial charge in [-0.05, 0) is 36.8 Å². The molecule has 0 fully saturated rings. The van der Waals surface area contributed by atoms with Crippen molar-refractivity contribution in [2.75, 3.05) is 24.2 Å². The minimum absolute atomic E-state index is 0.0956. The average Bonchev–Trinajstić information content (AvgIpc) is 2.79. The lowest BCUT2D eigenvalue weighted by molar-refractivity contribution is 0.385. The summed E-state index contributed by atoms with van der Waals surface area (Å²) in [7, 11) is -1.20. The third-order valence-electron chi connectivity index (χ3n) is 4.94. The van der Waals surface area contributed by atoms with Crippen LogP contribution in [0.15, 0.2) is 53.7 Å². The van der Waals surface area contributed by atoms with Gasteiger partial charge in [-0.2, -0.15) is 0 Å². The normalized spacial score (nSPS) is 11.4. The molecule has 0 atom stereocenters. The SMILES string of the molecule is CNc1cc2nc(C)c(-c3ccc(F)c(NS(=O)(=O)c4cc(Cl)cnc4OC)c3)cc2cn1. The second-order valence-corrected chi connectivity index (χ2v) is 9.18. The summed E-state index contributed by atoms with van der Waals surface area (Å²) in [5, 5.41) is 3.85. The largest absolute Gasteiger partial charge is 0.480 e. The Labute approximate surface area is 194 Å². The number of sulfonamides is 1. The van der Waals surface area contributed by atoms with Crippen molar-refractivity contribution >= 4 is 44.0 Å². The lowest BCUT2D eigenvalue weighted by Crippen LogP contribution is -2.15. The number of pyridine rings is 3. The van der Waals surface area contributed by atoms with Crippen molar-refractivity contribution in [2.24, 2.45) is 0 Å². The number of nitrogens with zero attached hydrogens (tertiary/aromatic N) is 3. The zero-order chi connectivity index (χ0) is 23.8. The topological polar surface area (TPSA) is 106 Å². The first-order valence-electron chi connectivity index (χ1n) is 9.69. The maximum Gasteiger partial charge on any atom is 0.267 e. The molecular weight excluding hydrogens is 469 g/mol. The zero-order valence-electron chi connectivity index (χ0n) is 17.8. The third-order valence-corrected chi connectivity index (χ3v) is 6.50. The van der Waals surface area contributed by atoms with Crippen molar-refractivity contribution in [1.82, 2.24) is 15.0 Å². The summed E-state index contributed by atoms with van der Waals surface area (Å²) in [5.74, 6) is -0.221. The summed E-state index contributed by atoms with van der Waals surface area (Å²) in [6, 6.07) is 9.03. The van der Waals surface area contributed by atoms with E-state index in [2.05, 4.69) is 25.0 Å². The van der Waals surface area contributed by atoms with Gasteiger partial charge in [0, 0.05) is 42.2 Å². The van der Waals surface area contributed by atoms with E-state index >= 15 is 0 Å². The lowest BCUT2D eigenvalue weighted by Gasteiger charge is -2.14. The summed E-state index contributed by atoms with van der Waals surface area (Å²) < 4.78 is 47.8. The van der Waals surface area contributed by atoms with Gasteiger partial charge >= 0.3 is 0 Å². The van der Waals surface area contributed by atoms with Gasteiger partial charge in [0.05, 0.1) is 23.3 Å². The molecule has 11 heteroatoms. The maximum absolute atomic E-state index is 14.6. The van der Waals surface area contributed by atoms with Crippen LogP contribution in [0.25, 0.3) is 22.0 Å². The minimum Gasteiger partial charge on any atom is -0.480 e. The summed E-state index contributed by atoms with van der Waals surface area (Å²) in [4.78, 5) is 12.5. The van der Waals surface area contributed by atoms with Crippen LogP contribution < -0.4 is 14.8 Å². The number of nitrogens with one attached hydrogen (secondary N) is 2. The fourth-order valence-electron chi connectivity index (χ4n) is 3.32. The van der Waals surface area contributed by atoms with Crippen LogP contribution in [0.2, 0.25) is 5.02 Å². The van der Waals surface area contributed by atoms with Crippen molar-refractivity contribution in [2.45, 2.75) is 11.8 Å². The number of fused-ring (bicyclic) bond motifs is 1. The predicted molar refractivity (Wildman–Crippen MR) is 126 cm³/mol. The molecule has 1 aromatic carbocycles. The van der Waals surface area contributed by atoms with Crippen LogP contribution in [0.3, 0.4) is 0 Å². The lowest BCUT2D eigenvalue weighted by atomic mass is 10.0. The molecule has 0 aliphatic heterocycles. The number of halogens is 2. The number of benzene rings is 1. The van der Waals surface area contributed by atoms with E-state index in [1.54, 1.807) is 19.3 Å². The number of aryl methyl sites for hydroxylation is 1. The van der Waals surface area contributed by atoms with Gasteiger partial charge in [0.25, 0.3) is 10.0 Å². The molecule has 0 bridgehead atoms. The van der Waals surface area contributed by atoms with Crippen molar-refractivity contribution in [3.63, 3.8) is 0 Å². The highest BCUT2D eigenvalue weighted by molar-refractivity contribution is 7.92. The molecule has 0 saturated heterocycles. The first kappa shape index (κ1) is 22.7. The second-order valence-electron chi connectivity index (χ2n) is 7.09. The molecular formula is C22H19ClFN5O3S. The van der Waals surface area contributed by atoms with Crippen LogP contribution in [0.5, 0.6) is 5.88 Å². The van der Waals surface area contributed by atoms with Gasteiger partial charge in [0.1, 0.15) is 11.6 Å². The molecule has 33 heavy (non-hydrogen) atoms. The highest BCUT2D eigenvalue weighted by Crippen LogP contribution is 2.32. The molecule has 170 valence electrons. The maximum atomic E-state index is 14.6. The van der Waals surface area contributed by atoms with E-state index in [1.807, 2.05) is 19.1 Å². The monoisotopic (exact) mass is 487 g/mol. The van der Waals surface area contributed by atoms with Crippen molar-refractivity contribution < 1.29 is 17.5 Å². The van der Waals surface area contributed by atoms with E-state index in [-0.39, 0.29) is 21.5 Å². The van der Waals surface area contributed by atoms with E-state index in [9.17, 15) is 12.8 Å². The van der Waals surface area contributed by atoms with E-state index < -0.39 is 15.8 Å². The van der Waals surface area contributed by atoms with E-state index in [0.29, 0.717) is 22.6 Å². The van der Waals surface area contributed by atoms with E-state index in [0.717, 1.165) is 10.9 Å². The number of anilines is 2. The summed E-state index contributed by atoms with van der Waals surface area (Å²) in [6.07, 6.45) is 2.94. The van der Waals surface area contributed by atoms with Crippen LogP contribution in [0, 0.1) is 12.7 Å². The van der Waals surface area contributed by atoms with Crippen LogP contribution >= 0.6 is 11.6 Å². The van der Waals surface area contributed by atoms with Gasteiger partial charge in [-0.25, -0.2) is 22.8 Å². The first-order chi connectivity index (χ1) is 15.7. The predicted octanol–water partition coefficient (Wildman–Crippen LogP) is 4.64. The molecule has 0 unspecified atom stereocenters. The average molecular weight is 488 g/mol. The summed E-state index contributed by atoms with van der Waals surface area (Å²) >= 11 is 5.90. The fourth-order valence-corrected chi connectivity index (χ4v) is 4.74. The molecule has 0 aliphatic rings. The smallest absolute Gasteiger partial charge is 0.267 e. The Morgan fingerprint density at radius 1 is 1.09 bits per heavy atom. The quantitative estimate of drug-likeness (QED) is 0.408. The van der Waals surface area contributed by atoms with Gasteiger partial charge in [-0.15, -0.1) is 0 Å². The Kier molecular flexibility index (Phi) is 6.05. The molecule has 8 nitrogen and oxygen atoms in total. The highest BCUT2D eigenvalue weighted by Gasteiger charge is 2.23. The molecule has 0 radical (unpaired) electrons. The Hall–Kier alpha value is -3.50. The zero-order valence-corrected chi connectivity index (χ0v) is 19.4. The fraction of sp³-hybridized carbons (Fsp3) is 0.136. The van der Waals surface area contributed by atoms with Gasteiger partial charge in [0.2, 0.25) is 5.88 Å². The van der Waals surface area contributed by atoms with Gasteiger partial charge in [-0.1, -0.05) is 17.7 Å². The number of hydrogen-bond donors (Lipinski definition) is 2. The molecule has 2 N–H and O–H groups in total. The van der Waals surface area contributed by atoms with E-state index in [1.165, 1.54) is 31.5 Å².